The molecule has 0 saturated carbocycles. The Bertz CT molecular complexity index is 288. The summed E-state index contributed by atoms with van der Waals surface area (Å²) >= 11 is 1.42. The fourth-order valence-corrected chi connectivity index (χ4v) is 1.17. The van der Waals surface area contributed by atoms with Gasteiger partial charge in [0.2, 0.25) is 0 Å². The third-order valence-corrected chi connectivity index (χ3v) is 1.72. The van der Waals surface area contributed by atoms with Gasteiger partial charge in [-0.25, -0.2) is 0 Å². The van der Waals surface area contributed by atoms with Gasteiger partial charge < -0.3 is 0 Å². The molecule has 0 fully saturated rings. The molecule has 0 spiro atoms. The molecule has 10 heavy (non-hydrogen) atoms. The number of nitrogens with zero attached hydrogens (tertiary/aromatic N) is 1. The van der Waals surface area contributed by atoms with Crippen molar-refractivity contribution in [3.05, 3.63) is 29.3 Å². The Labute approximate surface area is 64.6 Å². The summed E-state index contributed by atoms with van der Waals surface area (Å²) in [6, 6.07) is 1.96. The molecule has 1 nitrogen and oxygen atoms in total. The van der Waals surface area contributed by atoms with E-state index in [9.17, 15) is 0 Å². The molecule has 0 amide bonds. The Kier molecular flexibility index (Phi) is 2.24. The van der Waals surface area contributed by atoms with Crippen LogP contribution in [0.1, 0.15) is 10.6 Å². The lowest BCUT2D eigenvalue weighted by atomic mass is 10.4. The molecule has 0 aliphatic carbocycles. The second kappa shape index (κ2) is 3.19. The fourth-order valence-electron chi connectivity index (χ4n) is 0.545. The summed E-state index contributed by atoms with van der Waals surface area (Å²) in [4.78, 5) is 0.998. The Morgan fingerprint density at radius 2 is 2.60 bits per heavy atom. The van der Waals surface area contributed by atoms with Crippen molar-refractivity contribution in [3.63, 3.8) is 0 Å². The highest BCUT2D eigenvalue weighted by Crippen LogP contribution is 2.06. The number of allylic oxidation sites excluding steroid dienone is 1. The molecule has 0 N–H and O–H groups in total. The maximum absolute atomic E-state index is 4.07. The van der Waals surface area contributed by atoms with E-state index < -0.39 is 0 Å². The molecular formula is C8H7NS. The fraction of sp³-hybridized carbons (Fsp3) is 0.125. The van der Waals surface area contributed by atoms with E-state index >= 15 is 0 Å². The Morgan fingerprint density at radius 1 is 1.80 bits per heavy atom. The van der Waals surface area contributed by atoms with E-state index in [1.807, 2.05) is 13.0 Å². The van der Waals surface area contributed by atoms with Crippen LogP contribution in [0.3, 0.4) is 0 Å². The largest absolute Gasteiger partial charge is 0.197 e. The summed E-state index contributed by atoms with van der Waals surface area (Å²) in [5.74, 6) is 5.67. The molecule has 0 unspecified atom stereocenters. The SMILES string of the molecule is C=CC#Cc1cc(C)ns1. The summed E-state index contributed by atoms with van der Waals surface area (Å²) in [6.45, 7) is 5.45. The van der Waals surface area contributed by atoms with Gasteiger partial charge in [0.1, 0.15) is 0 Å². The third-order valence-electron chi connectivity index (χ3n) is 0.925. The van der Waals surface area contributed by atoms with Crippen LogP contribution in [0, 0.1) is 18.8 Å². The van der Waals surface area contributed by atoms with E-state index in [-0.39, 0.29) is 0 Å². The van der Waals surface area contributed by atoms with Crippen molar-refractivity contribution in [2.45, 2.75) is 6.92 Å². The zero-order chi connectivity index (χ0) is 7.40. The van der Waals surface area contributed by atoms with Gasteiger partial charge in [-0.1, -0.05) is 12.5 Å². The van der Waals surface area contributed by atoms with Crippen LogP contribution in [0.2, 0.25) is 0 Å². The minimum atomic E-state index is 0.998. The topological polar surface area (TPSA) is 12.9 Å². The van der Waals surface area contributed by atoms with Gasteiger partial charge in [-0.05, 0) is 36.5 Å². The van der Waals surface area contributed by atoms with E-state index in [0.717, 1.165) is 10.6 Å². The van der Waals surface area contributed by atoms with E-state index in [1.165, 1.54) is 11.5 Å². The summed E-state index contributed by atoms with van der Waals surface area (Å²) in [5.41, 5.74) is 1.03. The first-order chi connectivity index (χ1) is 4.83. The molecule has 0 radical (unpaired) electrons. The Hall–Kier alpha value is -1.07. The van der Waals surface area contributed by atoms with Gasteiger partial charge in [-0.3, -0.25) is 0 Å². The van der Waals surface area contributed by atoms with Crippen molar-refractivity contribution in [1.29, 1.82) is 0 Å². The van der Waals surface area contributed by atoms with E-state index in [0.29, 0.717) is 0 Å². The van der Waals surface area contributed by atoms with E-state index in [2.05, 4.69) is 22.8 Å². The summed E-state index contributed by atoms with van der Waals surface area (Å²) in [6.07, 6.45) is 1.58. The van der Waals surface area contributed by atoms with Crippen LogP contribution in [0.4, 0.5) is 0 Å². The number of aromatic nitrogens is 1. The monoisotopic (exact) mass is 149 g/mol. The number of aryl methyl sites for hydroxylation is 1. The zero-order valence-electron chi connectivity index (χ0n) is 5.72. The van der Waals surface area contributed by atoms with Crippen LogP contribution in [-0.2, 0) is 0 Å². The van der Waals surface area contributed by atoms with Gasteiger partial charge in [0.15, 0.2) is 0 Å². The van der Waals surface area contributed by atoms with E-state index in [1.54, 1.807) is 6.08 Å². The molecule has 1 aromatic rings. The Morgan fingerprint density at radius 3 is 3.10 bits per heavy atom. The van der Waals surface area contributed by atoms with Gasteiger partial charge in [-0.15, -0.1) is 0 Å². The quantitative estimate of drug-likeness (QED) is 0.514. The molecule has 0 aliphatic rings. The summed E-state index contributed by atoms with van der Waals surface area (Å²) in [7, 11) is 0. The van der Waals surface area contributed by atoms with Crippen molar-refractivity contribution in [1.82, 2.24) is 4.37 Å². The van der Waals surface area contributed by atoms with Gasteiger partial charge in [-0.2, -0.15) is 4.37 Å². The predicted molar refractivity (Wildman–Crippen MR) is 43.9 cm³/mol. The molecule has 0 saturated heterocycles. The van der Waals surface area contributed by atoms with Crippen molar-refractivity contribution < 1.29 is 0 Å². The van der Waals surface area contributed by atoms with Crippen molar-refractivity contribution in [2.75, 3.05) is 0 Å². The predicted octanol–water partition coefficient (Wildman–Crippen LogP) is 1.99. The lowest BCUT2D eigenvalue weighted by molar-refractivity contribution is 1.35. The van der Waals surface area contributed by atoms with Gasteiger partial charge in [0, 0.05) is 0 Å². The zero-order valence-corrected chi connectivity index (χ0v) is 6.53. The molecule has 0 atom stereocenters. The van der Waals surface area contributed by atoms with Crippen molar-refractivity contribution >= 4 is 11.5 Å². The smallest absolute Gasteiger partial charge is 0.0981 e. The number of rotatable bonds is 0. The standard InChI is InChI=1S/C8H7NS/c1-3-4-5-8-6-7(2)9-10-8/h3,6H,1H2,2H3. The summed E-state index contributed by atoms with van der Waals surface area (Å²) in [5, 5.41) is 0. The molecular weight excluding hydrogens is 142 g/mol. The maximum Gasteiger partial charge on any atom is 0.0981 e. The van der Waals surface area contributed by atoms with Crippen LogP contribution in [0.25, 0.3) is 0 Å². The van der Waals surface area contributed by atoms with Gasteiger partial charge >= 0.3 is 0 Å². The molecule has 2 heteroatoms. The van der Waals surface area contributed by atoms with Crippen LogP contribution < -0.4 is 0 Å². The number of hydrogen-bond donors (Lipinski definition) is 0. The molecule has 1 aromatic heterocycles. The van der Waals surface area contributed by atoms with Crippen molar-refractivity contribution in [2.24, 2.45) is 0 Å². The summed E-state index contributed by atoms with van der Waals surface area (Å²) < 4.78 is 4.07. The molecule has 1 rings (SSSR count). The highest BCUT2D eigenvalue weighted by molar-refractivity contribution is 7.06. The van der Waals surface area contributed by atoms with Crippen molar-refractivity contribution in [3.8, 4) is 11.8 Å². The highest BCUT2D eigenvalue weighted by atomic mass is 32.1. The third kappa shape index (κ3) is 1.71. The van der Waals surface area contributed by atoms with Crippen LogP contribution >= 0.6 is 11.5 Å². The lowest BCUT2D eigenvalue weighted by Gasteiger charge is -1.69. The minimum Gasteiger partial charge on any atom is -0.197 e. The van der Waals surface area contributed by atoms with Gasteiger partial charge in [0.25, 0.3) is 0 Å². The van der Waals surface area contributed by atoms with Crippen LogP contribution in [0.5, 0.6) is 0 Å². The maximum atomic E-state index is 4.07. The van der Waals surface area contributed by atoms with E-state index in [4.69, 9.17) is 0 Å². The average molecular weight is 149 g/mol. The second-order valence-electron chi connectivity index (χ2n) is 1.81. The first-order valence-electron chi connectivity index (χ1n) is 2.88. The first-order valence-corrected chi connectivity index (χ1v) is 3.66. The molecule has 0 aliphatic heterocycles. The number of hydrogen-bond acceptors (Lipinski definition) is 2. The molecule has 50 valence electrons. The van der Waals surface area contributed by atoms with Gasteiger partial charge in [0.05, 0.1) is 10.6 Å². The molecule has 0 bridgehead atoms. The molecule has 1 heterocycles. The second-order valence-corrected chi connectivity index (χ2v) is 2.61. The molecule has 0 aromatic carbocycles. The first kappa shape index (κ1) is 7.04. The van der Waals surface area contributed by atoms with Crippen LogP contribution in [-0.4, -0.2) is 4.37 Å². The average Bonchev–Trinajstić information content (AvgIpc) is 2.31. The normalized spacial score (nSPS) is 8.10. The highest BCUT2D eigenvalue weighted by Gasteiger charge is 1.90. The van der Waals surface area contributed by atoms with Crippen LogP contribution in [0.15, 0.2) is 18.7 Å². The Balaban J connectivity index is 2.85. The minimum absolute atomic E-state index is 0.998. The lowest BCUT2D eigenvalue weighted by Crippen LogP contribution is -1.61.